The lowest BCUT2D eigenvalue weighted by molar-refractivity contribution is -0.384. The van der Waals surface area contributed by atoms with Crippen molar-refractivity contribution in [1.82, 2.24) is 0 Å². The molecule has 0 aliphatic carbocycles. The zero-order valence-electron chi connectivity index (χ0n) is 10.9. The molecule has 6 nitrogen and oxygen atoms in total. The Morgan fingerprint density at radius 2 is 1.90 bits per heavy atom. The van der Waals surface area contributed by atoms with E-state index in [9.17, 15) is 14.9 Å². The fourth-order valence-corrected chi connectivity index (χ4v) is 2.16. The third-order valence-corrected chi connectivity index (χ3v) is 3.16. The van der Waals surface area contributed by atoms with E-state index in [1.54, 1.807) is 0 Å². The number of nitro groups is 1. The van der Waals surface area contributed by atoms with Gasteiger partial charge in [-0.15, -0.1) is 0 Å². The van der Waals surface area contributed by atoms with Crippen LogP contribution in [0.2, 0.25) is 0 Å². The van der Waals surface area contributed by atoms with Gasteiger partial charge in [-0.05, 0) is 11.6 Å². The summed E-state index contributed by atoms with van der Waals surface area (Å²) >= 11 is 0. The fraction of sp³-hybridized carbons (Fsp3) is 0.0667. The number of anilines is 1. The second-order valence-electron chi connectivity index (χ2n) is 4.61. The Morgan fingerprint density at radius 3 is 2.62 bits per heavy atom. The van der Waals surface area contributed by atoms with Crippen molar-refractivity contribution >= 4 is 28.7 Å². The molecule has 0 spiro atoms. The van der Waals surface area contributed by atoms with Crippen LogP contribution in [0, 0.1) is 10.1 Å². The number of aliphatic imine (C=N–C) groups is 1. The molecule has 1 heterocycles. The zero-order chi connectivity index (χ0) is 14.8. The highest BCUT2D eigenvalue weighted by Gasteiger charge is 2.19. The van der Waals surface area contributed by atoms with Gasteiger partial charge in [0.05, 0.1) is 28.4 Å². The molecule has 0 fully saturated rings. The number of benzene rings is 2. The van der Waals surface area contributed by atoms with Crippen LogP contribution in [0.4, 0.5) is 17.1 Å². The molecule has 1 aliphatic heterocycles. The zero-order valence-corrected chi connectivity index (χ0v) is 10.9. The van der Waals surface area contributed by atoms with Crippen molar-refractivity contribution in [3.05, 3.63) is 64.2 Å². The van der Waals surface area contributed by atoms with Gasteiger partial charge in [-0.3, -0.25) is 14.9 Å². The smallest absolute Gasteiger partial charge is 0.271 e. The van der Waals surface area contributed by atoms with Crippen molar-refractivity contribution < 1.29 is 9.72 Å². The highest BCUT2D eigenvalue weighted by Crippen LogP contribution is 2.32. The minimum Gasteiger partial charge on any atom is -0.324 e. The highest BCUT2D eigenvalue weighted by atomic mass is 16.6. The average molecular weight is 281 g/mol. The lowest BCUT2D eigenvalue weighted by atomic mass is 10.1. The van der Waals surface area contributed by atoms with Crippen LogP contribution in [-0.4, -0.2) is 16.5 Å². The number of hydrogen-bond donors (Lipinski definition) is 1. The Balaban J connectivity index is 2.12. The summed E-state index contributed by atoms with van der Waals surface area (Å²) in [6.07, 6.45) is 0.131. The summed E-state index contributed by atoms with van der Waals surface area (Å²) < 4.78 is 0. The van der Waals surface area contributed by atoms with Crippen molar-refractivity contribution in [3.63, 3.8) is 0 Å². The first kappa shape index (κ1) is 13.0. The molecule has 1 aliphatic rings. The standard InChI is InChI=1S/C15H11N3O3/c19-15-9-13(10-4-2-1-3-5-10)16-14-8-11(18(20)21)6-7-12(14)17-15/h1-8H,9H2,(H,17,19). The lowest BCUT2D eigenvalue weighted by Gasteiger charge is -2.03. The van der Waals surface area contributed by atoms with Crippen LogP contribution in [0.5, 0.6) is 0 Å². The maximum absolute atomic E-state index is 11.9. The summed E-state index contributed by atoms with van der Waals surface area (Å²) in [6, 6.07) is 13.5. The molecule has 2 aromatic carbocycles. The Kier molecular flexibility index (Phi) is 3.19. The van der Waals surface area contributed by atoms with E-state index in [2.05, 4.69) is 10.3 Å². The number of carbonyl (C=O) groups excluding carboxylic acids is 1. The number of hydrogen-bond acceptors (Lipinski definition) is 4. The molecule has 0 radical (unpaired) electrons. The third-order valence-electron chi connectivity index (χ3n) is 3.16. The largest absolute Gasteiger partial charge is 0.324 e. The van der Waals surface area contributed by atoms with Crippen LogP contribution < -0.4 is 5.32 Å². The minimum atomic E-state index is -0.481. The molecule has 1 N–H and O–H groups in total. The van der Waals surface area contributed by atoms with Crippen molar-refractivity contribution in [2.75, 3.05) is 5.32 Å². The normalized spacial score (nSPS) is 13.7. The summed E-state index contributed by atoms with van der Waals surface area (Å²) in [6.45, 7) is 0. The van der Waals surface area contributed by atoms with E-state index in [0.717, 1.165) is 5.56 Å². The summed E-state index contributed by atoms with van der Waals surface area (Å²) in [5, 5.41) is 13.6. The van der Waals surface area contributed by atoms with Crippen LogP contribution in [0.1, 0.15) is 12.0 Å². The van der Waals surface area contributed by atoms with Gasteiger partial charge in [0.2, 0.25) is 5.91 Å². The predicted octanol–water partition coefficient (Wildman–Crippen LogP) is 3.06. The van der Waals surface area contributed by atoms with Gasteiger partial charge >= 0.3 is 0 Å². The monoisotopic (exact) mass is 281 g/mol. The van der Waals surface area contributed by atoms with Gasteiger partial charge in [0, 0.05) is 12.1 Å². The molecule has 0 atom stereocenters. The van der Waals surface area contributed by atoms with Gasteiger partial charge in [-0.25, -0.2) is 4.99 Å². The topological polar surface area (TPSA) is 84.6 Å². The van der Waals surface area contributed by atoms with E-state index >= 15 is 0 Å². The van der Waals surface area contributed by atoms with Crippen molar-refractivity contribution in [3.8, 4) is 0 Å². The molecule has 21 heavy (non-hydrogen) atoms. The molecular weight excluding hydrogens is 270 g/mol. The quantitative estimate of drug-likeness (QED) is 0.678. The second kappa shape index (κ2) is 5.16. The van der Waals surface area contributed by atoms with Gasteiger partial charge in [0.15, 0.2) is 0 Å². The molecule has 0 saturated carbocycles. The number of non-ortho nitro benzene ring substituents is 1. The van der Waals surface area contributed by atoms with E-state index in [4.69, 9.17) is 0 Å². The first-order valence-corrected chi connectivity index (χ1v) is 6.35. The molecule has 1 amide bonds. The second-order valence-corrected chi connectivity index (χ2v) is 4.61. The summed E-state index contributed by atoms with van der Waals surface area (Å²) in [5.41, 5.74) is 2.24. The van der Waals surface area contributed by atoms with Crippen LogP contribution in [0.15, 0.2) is 53.5 Å². The average Bonchev–Trinajstić information content (AvgIpc) is 2.65. The summed E-state index contributed by atoms with van der Waals surface area (Å²) in [5.74, 6) is -0.190. The number of nitrogens with one attached hydrogen (secondary N) is 1. The van der Waals surface area contributed by atoms with Gasteiger partial charge in [0.1, 0.15) is 0 Å². The predicted molar refractivity (Wildman–Crippen MR) is 79.0 cm³/mol. The van der Waals surface area contributed by atoms with Gasteiger partial charge in [-0.1, -0.05) is 30.3 Å². The Bertz CT molecular complexity index is 754. The molecule has 3 rings (SSSR count). The van der Waals surface area contributed by atoms with E-state index in [1.165, 1.54) is 18.2 Å². The van der Waals surface area contributed by atoms with Crippen LogP contribution in [0.25, 0.3) is 0 Å². The van der Waals surface area contributed by atoms with Gasteiger partial charge in [0.25, 0.3) is 5.69 Å². The molecule has 0 unspecified atom stereocenters. The highest BCUT2D eigenvalue weighted by molar-refractivity contribution is 6.16. The number of amides is 1. The molecule has 2 aromatic rings. The van der Waals surface area contributed by atoms with E-state index < -0.39 is 4.92 Å². The van der Waals surface area contributed by atoms with Crippen LogP contribution in [0.3, 0.4) is 0 Å². The van der Waals surface area contributed by atoms with Gasteiger partial charge < -0.3 is 5.32 Å². The van der Waals surface area contributed by atoms with Crippen molar-refractivity contribution in [2.24, 2.45) is 4.99 Å². The van der Waals surface area contributed by atoms with Crippen LogP contribution >= 0.6 is 0 Å². The molecule has 0 bridgehead atoms. The molecular formula is C15H11N3O3. The molecule has 104 valence electrons. The van der Waals surface area contributed by atoms with Crippen molar-refractivity contribution in [1.29, 1.82) is 0 Å². The number of nitrogens with zero attached hydrogens (tertiary/aromatic N) is 2. The Labute approximate surface area is 120 Å². The number of rotatable bonds is 2. The SMILES string of the molecule is O=C1CC(c2ccccc2)=Nc2cc([N+](=O)[O-])ccc2N1. The maximum atomic E-state index is 11.9. The van der Waals surface area contributed by atoms with Crippen molar-refractivity contribution in [2.45, 2.75) is 6.42 Å². The number of fused-ring (bicyclic) bond motifs is 1. The number of carbonyl (C=O) groups is 1. The number of nitro benzene ring substituents is 1. The third kappa shape index (κ3) is 2.64. The first-order valence-electron chi connectivity index (χ1n) is 6.35. The summed E-state index contributed by atoms with van der Waals surface area (Å²) in [4.78, 5) is 26.7. The fourth-order valence-electron chi connectivity index (χ4n) is 2.16. The minimum absolute atomic E-state index is 0.0546. The summed E-state index contributed by atoms with van der Waals surface area (Å²) in [7, 11) is 0. The Morgan fingerprint density at radius 1 is 1.14 bits per heavy atom. The van der Waals surface area contributed by atoms with E-state index in [-0.39, 0.29) is 18.0 Å². The first-order chi connectivity index (χ1) is 10.1. The molecule has 0 aromatic heterocycles. The van der Waals surface area contributed by atoms with E-state index in [0.29, 0.717) is 17.1 Å². The van der Waals surface area contributed by atoms with Gasteiger partial charge in [-0.2, -0.15) is 0 Å². The molecule has 0 saturated heterocycles. The van der Waals surface area contributed by atoms with E-state index in [1.807, 2.05) is 30.3 Å². The maximum Gasteiger partial charge on any atom is 0.271 e. The lowest BCUT2D eigenvalue weighted by Crippen LogP contribution is -2.14. The Hall–Kier alpha value is -3.02. The molecule has 6 heteroatoms. The van der Waals surface area contributed by atoms with Crippen LogP contribution in [-0.2, 0) is 4.79 Å².